The highest BCUT2D eigenvalue weighted by Gasteiger charge is 2.40. The molecule has 4 nitrogen and oxygen atoms in total. The van der Waals surface area contributed by atoms with Gasteiger partial charge in [0.25, 0.3) is 5.91 Å². The van der Waals surface area contributed by atoms with Gasteiger partial charge in [-0.3, -0.25) is 4.79 Å². The summed E-state index contributed by atoms with van der Waals surface area (Å²) in [6, 6.07) is 19.5. The first-order valence-corrected chi connectivity index (χ1v) is 8.66. The van der Waals surface area contributed by atoms with E-state index in [1.807, 2.05) is 24.3 Å². The van der Waals surface area contributed by atoms with E-state index in [0.717, 1.165) is 5.52 Å². The van der Waals surface area contributed by atoms with Crippen molar-refractivity contribution in [3.05, 3.63) is 83.9 Å². The van der Waals surface area contributed by atoms with Crippen molar-refractivity contribution < 1.29 is 18.0 Å². The van der Waals surface area contributed by atoms with Crippen molar-refractivity contribution in [2.75, 3.05) is 5.32 Å². The first kappa shape index (κ1) is 17.9. The molecule has 1 N–H and O–H groups in total. The topological polar surface area (TPSA) is 55.1 Å². The number of aromatic nitrogens is 1. The van der Waals surface area contributed by atoms with E-state index in [-0.39, 0.29) is 11.3 Å². The summed E-state index contributed by atoms with van der Waals surface area (Å²) in [6.45, 7) is 1.70. The highest BCUT2D eigenvalue weighted by Crippen LogP contribution is 2.31. The molecule has 3 aromatic carbocycles. The van der Waals surface area contributed by atoms with Crippen LogP contribution >= 0.6 is 0 Å². The number of carbonyl (C=O) groups is 1. The predicted octanol–water partition coefficient (Wildman–Crippen LogP) is 5.53. The lowest BCUT2D eigenvalue weighted by Crippen LogP contribution is -2.32. The molecule has 1 heterocycles. The zero-order chi connectivity index (χ0) is 19.7. The maximum absolute atomic E-state index is 14.4. The summed E-state index contributed by atoms with van der Waals surface area (Å²) in [6.07, 6.45) is 0. The monoisotopic (exact) mass is 378 g/mol. The number of para-hydroxylation sites is 2. The molecule has 140 valence electrons. The molecule has 0 atom stereocenters. The van der Waals surface area contributed by atoms with E-state index in [1.54, 1.807) is 25.1 Å². The normalized spacial score (nSPS) is 11.5. The molecule has 0 fully saturated rings. The third-order valence-corrected chi connectivity index (χ3v) is 4.35. The molecule has 6 heteroatoms. The van der Waals surface area contributed by atoms with Crippen LogP contribution in [0.1, 0.15) is 11.1 Å². The number of alkyl halides is 2. The van der Waals surface area contributed by atoms with E-state index in [4.69, 9.17) is 4.42 Å². The first-order chi connectivity index (χ1) is 13.4. The second kappa shape index (κ2) is 6.88. The standard InChI is InChI=1S/C22H16F2N2O2/c1-14-5-4-6-16(13-14)22(23,24)21(27)25-17-11-9-15(10-12-17)20-26-18-7-2-3-8-19(18)28-20/h2-13H,1H3,(H,25,27). The Labute approximate surface area is 159 Å². The minimum Gasteiger partial charge on any atom is -0.436 e. The molecule has 1 amide bonds. The summed E-state index contributed by atoms with van der Waals surface area (Å²) >= 11 is 0. The fourth-order valence-electron chi connectivity index (χ4n) is 2.87. The smallest absolute Gasteiger partial charge is 0.350 e. The van der Waals surface area contributed by atoms with E-state index in [2.05, 4.69) is 10.3 Å². The Kier molecular flexibility index (Phi) is 4.39. The number of halogens is 2. The molecule has 0 aliphatic carbocycles. The summed E-state index contributed by atoms with van der Waals surface area (Å²) in [5.41, 5.74) is 2.65. The van der Waals surface area contributed by atoms with Gasteiger partial charge in [0, 0.05) is 16.8 Å². The molecule has 0 saturated carbocycles. The van der Waals surface area contributed by atoms with Crippen molar-refractivity contribution in [3.63, 3.8) is 0 Å². The van der Waals surface area contributed by atoms with E-state index < -0.39 is 11.8 Å². The third-order valence-electron chi connectivity index (χ3n) is 4.35. The van der Waals surface area contributed by atoms with Crippen molar-refractivity contribution in [3.8, 4) is 11.5 Å². The molecule has 0 aliphatic heterocycles. The van der Waals surface area contributed by atoms with Crippen LogP contribution in [0.5, 0.6) is 0 Å². The predicted molar refractivity (Wildman–Crippen MR) is 103 cm³/mol. The number of nitrogens with one attached hydrogen (secondary N) is 1. The summed E-state index contributed by atoms with van der Waals surface area (Å²) in [5, 5.41) is 2.27. The van der Waals surface area contributed by atoms with Crippen LogP contribution in [0.15, 0.2) is 77.2 Å². The number of nitrogens with zero attached hydrogens (tertiary/aromatic N) is 1. The maximum Gasteiger partial charge on any atom is 0.350 e. The maximum atomic E-state index is 14.4. The van der Waals surface area contributed by atoms with Crippen molar-refractivity contribution in [2.45, 2.75) is 12.8 Å². The molecular formula is C22H16F2N2O2. The number of benzene rings is 3. The number of oxazole rings is 1. The quantitative estimate of drug-likeness (QED) is 0.508. The van der Waals surface area contributed by atoms with Gasteiger partial charge >= 0.3 is 5.92 Å². The van der Waals surface area contributed by atoms with Crippen molar-refractivity contribution in [1.82, 2.24) is 4.98 Å². The first-order valence-electron chi connectivity index (χ1n) is 8.66. The summed E-state index contributed by atoms with van der Waals surface area (Å²) in [7, 11) is 0. The Morgan fingerprint density at radius 1 is 1.00 bits per heavy atom. The molecule has 0 bridgehead atoms. The van der Waals surface area contributed by atoms with Crippen LogP contribution in [0.2, 0.25) is 0 Å². The Bertz CT molecular complexity index is 1120. The summed E-state index contributed by atoms with van der Waals surface area (Å²) < 4.78 is 34.6. The van der Waals surface area contributed by atoms with Gasteiger partial charge in [-0.15, -0.1) is 0 Å². The number of amides is 1. The largest absolute Gasteiger partial charge is 0.436 e. The molecular weight excluding hydrogens is 362 g/mol. The number of rotatable bonds is 4. The van der Waals surface area contributed by atoms with E-state index in [9.17, 15) is 13.6 Å². The number of fused-ring (bicyclic) bond motifs is 1. The van der Waals surface area contributed by atoms with Crippen molar-refractivity contribution in [1.29, 1.82) is 0 Å². The van der Waals surface area contributed by atoms with Gasteiger partial charge in [0.15, 0.2) is 5.58 Å². The zero-order valence-electron chi connectivity index (χ0n) is 14.9. The number of aryl methyl sites for hydroxylation is 1. The van der Waals surface area contributed by atoms with Gasteiger partial charge < -0.3 is 9.73 Å². The van der Waals surface area contributed by atoms with Crippen LogP contribution in [0.3, 0.4) is 0 Å². The van der Waals surface area contributed by atoms with Gasteiger partial charge in [-0.1, -0.05) is 35.9 Å². The van der Waals surface area contributed by atoms with Crippen LogP contribution in [-0.2, 0) is 10.7 Å². The van der Waals surface area contributed by atoms with Crippen molar-refractivity contribution >= 4 is 22.7 Å². The van der Waals surface area contributed by atoms with Crippen LogP contribution in [-0.4, -0.2) is 10.9 Å². The lowest BCUT2D eigenvalue weighted by atomic mass is 10.1. The number of anilines is 1. The Hall–Kier alpha value is -3.54. The Morgan fingerprint density at radius 2 is 1.75 bits per heavy atom. The summed E-state index contributed by atoms with van der Waals surface area (Å²) in [5.74, 6) is -4.60. The van der Waals surface area contributed by atoms with Crippen LogP contribution < -0.4 is 5.32 Å². The minimum absolute atomic E-state index is 0.261. The lowest BCUT2D eigenvalue weighted by molar-refractivity contribution is -0.140. The fraction of sp³-hybridized carbons (Fsp3) is 0.0909. The highest BCUT2D eigenvalue weighted by atomic mass is 19.3. The van der Waals surface area contributed by atoms with Gasteiger partial charge in [-0.2, -0.15) is 8.78 Å². The average Bonchev–Trinajstić information content (AvgIpc) is 3.12. The van der Waals surface area contributed by atoms with Gasteiger partial charge in [0.1, 0.15) is 5.52 Å². The second-order valence-corrected chi connectivity index (χ2v) is 6.46. The molecule has 0 spiro atoms. The average molecular weight is 378 g/mol. The fourth-order valence-corrected chi connectivity index (χ4v) is 2.87. The molecule has 1 aromatic heterocycles. The molecule has 4 rings (SSSR count). The molecule has 28 heavy (non-hydrogen) atoms. The van der Waals surface area contributed by atoms with Crippen LogP contribution in [0.4, 0.5) is 14.5 Å². The minimum atomic E-state index is -3.63. The van der Waals surface area contributed by atoms with E-state index in [0.29, 0.717) is 22.6 Å². The van der Waals surface area contributed by atoms with E-state index in [1.165, 1.54) is 30.3 Å². The van der Waals surface area contributed by atoms with Gasteiger partial charge in [0.2, 0.25) is 5.89 Å². The van der Waals surface area contributed by atoms with Gasteiger partial charge in [-0.25, -0.2) is 4.98 Å². The molecule has 4 aromatic rings. The number of carbonyl (C=O) groups excluding carboxylic acids is 1. The van der Waals surface area contributed by atoms with Crippen molar-refractivity contribution in [2.24, 2.45) is 0 Å². The summed E-state index contributed by atoms with van der Waals surface area (Å²) in [4.78, 5) is 16.5. The molecule has 0 radical (unpaired) electrons. The highest BCUT2D eigenvalue weighted by molar-refractivity contribution is 5.97. The number of hydrogen-bond donors (Lipinski definition) is 1. The Balaban J connectivity index is 1.53. The number of hydrogen-bond acceptors (Lipinski definition) is 3. The zero-order valence-corrected chi connectivity index (χ0v) is 14.9. The molecule has 0 saturated heterocycles. The van der Waals surface area contributed by atoms with E-state index >= 15 is 0 Å². The van der Waals surface area contributed by atoms with Crippen LogP contribution in [0.25, 0.3) is 22.6 Å². The van der Waals surface area contributed by atoms with Gasteiger partial charge in [0.05, 0.1) is 0 Å². The Morgan fingerprint density at radius 3 is 2.46 bits per heavy atom. The SMILES string of the molecule is Cc1cccc(C(F)(F)C(=O)Nc2ccc(-c3nc4ccccc4o3)cc2)c1. The molecule has 0 unspecified atom stereocenters. The lowest BCUT2D eigenvalue weighted by Gasteiger charge is -2.17. The third kappa shape index (κ3) is 3.36. The second-order valence-electron chi connectivity index (χ2n) is 6.46. The van der Waals surface area contributed by atoms with Crippen LogP contribution in [0, 0.1) is 6.92 Å². The van der Waals surface area contributed by atoms with Gasteiger partial charge in [-0.05, 0) is 49.4 Å². The molecule has 0 aliphatic rings.